The van der Waals surface area contributed by atoms with Gasteiger partial charge in [-0.2, -0.15) is 0 Å². The molecule has 0 unspecified atom stereocenters. The lowest BCUT2D eigenvalue weighted by atomic mass is 10.2. The van der Waals surface area contributed by atoms with Crippen LogP contribution in [0.1, 0.15) is 55.0 Å². The fourth-order valence-electron chi connectivity index (χ4n) is 3.04. The van der Waals surface area contributed by atoms with Gasteiger partial charge in [0.1, 0.15) is 5.01 Å². The molecular formula is C16H20N2S2. The molecule has 0 spiro atoms. The van der Waals surface area contributed by atoms with Gasteiger partial charge in [0.15, 0.2) is 0 Å². The molecule has 106 valence electrons. The molecule has 0 aromatic carbocycles. The number of hydrogen-bond acceptors (Lipinski definition) is 4. The number of rotatable bonds is 5. The highest BCUT2D eigenvalue weighted by atomic mass is 32.1. The molecule has 2 aliphatic rings. The standard InChI is InChI=1S/C16H20N2S2/c1-2-5-12(4-1)17-10-14-15(11-7-8-11)18-16(20-14)13-6-3-9-19-13/h3,6,9,11-12,17H,1-2,4-5,7-8,10H2. The van der Waals surface area contributed by atoms with Crippen molar-refractivity contribution in [1.82, 2.24) is 10.3 Å². The predicted molar refractivity (Wildman–Crippen MR) is 86.5 cm³/mol. The molecule has 20 heavy (non-hydrogen) atoms. The van der Waals surface area contributed by atoms with Gasteiger partial charge in [0, 0.05) is 23.4 Å². The van der Waals surface area contributed by atoms with Gasteiger partial charge in [-0.25, -0.2) is 4.98 Å². The van der Waals surface area contributed by atoms with Gasteiger partial charge in [0.05, 0.1) is 10.6 Å². The van der Waals surface area contributed by atoms with E-state index >= 15 is 0 Å². The zero-order valence-electron chi connectivity index (χ0n) is 11.6. The molecule has 4 rings (SSSR count). The summed E-state index contributed by atoms with van der Waals surface area (Å²) in [6, 6.07) is 5.05. The Balaban J connectivity index is 1.54. The Morgan fingerprint density at radius 3 is 2.75 bits per heavy atom. The van der Waals surface area contributed by atoms with Crippen molar-refractivity contribution < 1.29 is 0 Å². The molecule has 1 N–H and O–H groups in total. The van der Waals surface area contributed by atoms with E-state index in [9.17, 15) is 0 Å². The molecule has 2 aromatic rings. The molecule has 0 bridgehead atoms. The highest BCUT2D eigenvalue weighted by molar-refractivity contribution is 7.21. The molecule has 2 aliphatic carbocycles. The second kappa shape index (κ2) is 5.58. The molecule has 2 saturated carbocycles. The van der Waals surface area contributed by atoms with E-state index in [1.165, 1.54) is 59.0 Å². The molecule has 0 radical (unpaired) electrons. The van der Waals surface area contributed by atoms with Crippen molar-refractivity contribution in [3.63, 3.8) is 0 Å². The van der Waals surface area contributed by atoms with Crippen molar-refractivity contribution in [1.29, 1.82) is 0 Å². The number of nitrogens with zero attached hydrogens (tertiary/aromatic N) is 1. The molecule has 2 heterocycles. The summed E-state index contributed by atoms with van der Waals surface area (Å²) >= 11 is 3.71. The van der Waals surface area contributed by atoms with E-state index in [-0.39, 0.29) is 0 Å². The maximum atomic E-state index is 4.95. The predicted octanol–water partition coefficient (Wildman–Crippen LogP) is 4.78. The largest absolute Gasteiger partial charge is 0.309 e. The average molecular weight is 304 g/mol. The van der Waals surface area contributed by atoms with Crippen LogP contribution in [0.4, 0.5) is 0 Å². The third-order valence-corrected chi connectivity index (χ3v) is 6.44. The van der Waals surface area contributed by atoms with Crippen molar-refractivity contribution in [3.05, 3.63) is 28.1 Å². The molecule has 4 heteroatoms. The summed E-state index contributed by atoms with van der Waals surface area (Å²) < 4.78 is 0. The topological polar surface area (TPSA) is 24.9 Å². The number of thiophene rings is 1. The Kier molecular flexibility index (Phi) is 3.63. The monoisotopic (exact) mass is 304 g/mol. The molecule has 0 aliphatic heterocycles. The van der Waals surface area contributed by atoms with Crippen molar-refractivity contribution >= 4 is 22.7 Å². The molecule has 0 atom stereocenters. The number of nitrogens with one attached hydrogen (secondary N) is 1. The van der Waals surface area contributed by atoms with Crippen LogP contribution in [0, 0.1) is 0 Å². The van der Waals surface area contributed by atoms with Crippen molar-refractivity contribution in [3.8, 4) is 9.88 Å². The van der Waals surface area contributed by atoms with Crippen LogP contribution < -0.4 is 5.32 Å². The second-order valence-corrected chi connectivity index (χ2v) is 7.97. The molecule has 0 amide bonds. The Labute approximate surface area is 128 Å². The first-order valence-electron chi connectivity index (χ1n) is 7.67. The van der Waals surface area contributed by atoms with Crippen molar-refractivity contribution in [2.24, 2.45) is 0 Å². The first-order chi connectivity index (χ1) is 9.90. The average Bonchev–Trinajstić information content (AvgIpc) is 2.94. The van der Waals surface area contributed by atoms with Gasteiger partial charge in [-0.3, -0.25) is 0 Å². The highest BCUT2D eigenvalue weighted by Crippen LogP contribution is 2.44. The van der Waals surface area contributed by atoms with E-state index in [0.29, 0.717) is 0 Å². The third-order valence-electron chi connectivity index (χ3n) is 4.33. The van der Waals surface area contributed by atoms with Crippen LogP contribution in [0.25, 0.3) is 9.88 Å². The highest BCUT2D eigenvalue weighted by Gasteiger charge is 2.30. The molecular weight excluding hydrogens is 284 g/mol. The summed E-state index contributed by atoms with van der Waals surface area (Å²) in [5, 5.41) is 7.12. The van der Waals surface area contributed by atoms with Crippen LogP contribution in [0.15, 0.2) is 17.5 Å². The fraction of sp³-hybridized carbons (Fsp3) is 0.562. The zero-order valence-corrected chi connectivity index (χ0v) is 13.2. The van der Waals surface area contributed by atoms with Crippen LogP contribution in [-0.4, -0.2) is 11.0 Å². The minimum absolute atomic E-state index is 0.745. The smallest absolute Gasteiger partial charge is 0.133 e. The van der Waals surface area contributed by atoms with Crippen LogP contribution in [0.3, 0.4) is 0 Å². The second-order valence-electron chi connectivity index (χ2n) is 5.94. The Morgan fingerprint density at radius 2 is 2.05 bits per heavy atom. The summed E-state index contributed by atoms with van der Waals surface area (Å²) in [7, 11) is 0. The molecule has 2 fully saturated rings. The number of aromatic nitrogens is 1. The lowest BCUT2D eigenvalue weighted by molar-refractivity contribution is 0.525. The Morgan fingerprint density at radius 1 is 1.20 bits per heavy atom. The van der Waals surface area contributed by atoms with Gasteiger partial charge in [-0.05, 0) is 37.1 Å². The van der Waals surface area contributed by atoms with E-state index in [1.54, 1.807) is 11.3 Å². The van der Waals surface area contributed by atoms with Crippen LogP contribution in [0.2, 0.25) is 0 Å². The lowest BCUT2D eigenvalue weighted by Gasteiger charge is -2.11. The van der Waals surface area contributed by atoms with Gasteiger partial charge in [-0.1, -0.05) is 18.9 Å². The summed E-state index contributed by atoms with van der Waals surface area (Å²) in [5.74, 6) is 0.750. The first kappa shape index (κ1) is 13.0. The van der Waals surface area contributed by atoms with E-state index in [4.69, 9.17) is 4.98 Å². The van der Waals surface area contributed by atoms with Crippen LogP contribution >= 0.6 is 22.7 Å². The molecule has 2 aromatic heterocycles. The van der Waals surface area contributed by atoms with E-state index in [2.05, 4.69) is 22.8 Å². The Hall–Kier alpha value is -0.710. The van der Waals surface area contributed by atoms with Crippen molar-refractivity contribution in [2.75, 3.05) is 0 Å². The summed E-state index contributed by atoms with van der Waals surface area (Å²) in [5.41, 5.74) is 1.39. The quantitative estimate of drug-likeness (QED) is 0.859. The number of hydrogen-bond donors (Lipinski definition) is 1. The van der Waals surface area contributed by atoms with Gasteiger partial charge in [0.2, 0.25) is 0 Å². The van der Waals surface area contributed by atoms with Gasteiger partial charge in [-0.15, -0.1) is 22.7 Å². The lowest BCUT2D eigenvalue weighted by Crippen LogP contribution is -2.25. The van der Waals surface area contributed by atoms with Gasteiger partial charge >= 0.3 is 0 Å². The van der Waals surface area contributed by atoms with E-state index < -0.39 is 0 Å². The maximum absolute atomic E-state index is 4.95. The summed E-state index contributed by atoms with van der Waals surface area (Å²) in [6.45, 7) is 1.03. The Bertz CT molecular complexity index is 563. The van der Waals surface area contributed by atoms with Crippen molar-refractivity contribution in [2.45, 2.75) is 57.0 Å². The minimum Gasteiger partial charge on any atom is -0.309 e. The van der Waals surface area contributed by atoms with Crippen LogP contribution in [-0.2, 0) is 6.54 Å². The van der Waals surface area contributed by atoms with E-state index in [1.807, 2.05) is 11.3 Å². The normalized spacial score (nSPS) is 19.8. The van der Waals surface area contributed by atoms with Crippen LogP contribution in [0.5, 0.6) is 0 Å². The fourth-order valence-corrected chi connectivity index (χ4v) is 4.93. The maximum Gasteiger partial charge on any atom is 0.133 e. The van der Waals surface area contributed by atoms with Gasteiger partial charge < -0.3 is 5.32 Å². The minimum atomic E-state index is 0.745. The van der Waals surface area contributed by atoms with E-state index in [0.717, 1.165) is 18.5 Å². The summed E-state index contributed by atoms with van der Waals surface area (Å²) in [4.78, 5) is 7.76. The number of thiazole rings is 1. The summed E-state index contributed by atoms with van der Waals surface area (Å²) in [6.07, 6.45) is 8.19. The SMILES string of the molecule is c1csc(-c2nc(C3CC3)c(CNC3CCCC3)s2)c1. The zero-order chi connectivity index (χ0) is 13.4. The first-order valence-corrected chi connectivity index (χ1v) is 9.36. The third kappa shape index (κ3) is 2.69. The van der Waals surface area contributed by atoms with Gasteiger partial charge in [0.25, 0.3) is 0 Å². The molecule has 0 saturated heterocycles. The molecule has 2 nitrogen and oxygen atoms in total.